The monoisotopic (exact) mass is 470 g/mol. The number of nitrogens with zero attached hydrogens (tertiary/aromatic N) is 2. The number of nitrogen functional groups attached to an aromatic ring is 2. The Hall–Kier alpha value is -2.49. The van der Waals surface area contributed by atoms with Crippen LogP contribution in [0.3, 0.4) is 0 Å². The predicted octanol–water partition coefficient (Wildman–Crippen LogP) is 4.12. The molecule has 0 amide bonds. The Morgan fingerprint density at radius 3 is 2.66 bits per heavy atom. The number of nitrogens with two attached hydrogens (primary N) is 2. The number of fused-ring (bicyclic) bond motifs is 1. The Balaban J connectivity index is 1.73. The minimum Gasteiger partial charge on any atom is -0.484 e. The second kappa shape index (κ2) is 7.40. The Bertz CT molecular complexity index is 977. The van der Waals surface area contributed by atoms with E-state index in [4.69, 9.17) is 20.9 Å². The molecule has 2 aliphatic rings. The number of anilines is 2. The van der Waals surface area contributed by atoms with Crippen LogP contribution in [0.4, 0.5) is 24.9 Å². The summed E-state index contributed by atoms with van der Waals surface area (Å²) in [6, 6.07) is 1.55. The summed E-state index contributed by atoms with van der Waals surface area (Å²) in [5, 5.41) is 0. The van der Waals surface area contributed by atoms with E-state index >= 15 is 0 Å². The van der Waals surface area contributed by atoms with Gasteiger partial charge in [0.1, 0.15) is 27.9 Å². The lowest BCUT2D eigenvalue weighted by Crippen LogP contribution is -2.22. The largest absolute Gasteiger partial charge is 0.484 e. The fourth-order valence-corrected chi connectivity index (χ4v) is 3.74. The molecule has 1 aliphatic carbocycles. The van der Waals surface area contributed by atoms with Gasteiger partial charge in [-0.1, -0.05) is 6.08 Å². The zero-order valence-electron chi connectivity index (χ0n) is 15.2. The molecule has 2 heterocycles. The van der Waals surface area contributed by atoms with Crippen molar-refractivity contribution in [2.75, 3.05) is 18.1 Å². The van der Waals surface area contributed by atoms with E-state index < -0.39 is 12.8 Å². The molecule has 6 nitrogen and oxygen atoms in total. The van der Waals surface area contributed by atoms with Crippen LogP contribution in [0.15, 0.2) is 22.8 Å². The summed E-state index contributed by atoms with van der Waals surface area (Å²) in [5.74, 6) is 1.21. The van der Waals surface area contributed by atoms with E-state index in [1.807, 2.05) is 12.2 Å². The van der Waals surface area contributed by atoms with Gasteiger partial charge in [-0.2, -0.15) is 18.2 Å². The lowest BCUT2D eigenvalue weighted by molar-refractivity contribution is -0.153. The van der Waals surface area contributed by atoms with Crippen LogP contribution >= 0.6 is 15.9 Å². The van der Waals surface area contributed by atoms with Crippen molar-refractivity contribution in [3.8, 4) is 11.5 Å². The molecule has 1 aromatic heterocycles. The normalized spacial score (nSPS) is 18.3. The van der Waals surface area contributed by atoms with Crippen LogP contribution in [0.25, 0.3) is 6.08 Å². The topological polar surface area (TPSA) is 96.3 Å². The Kier molecular flexibility index (Phi) is 5.05. The van der Waals surface area contributed by atoms with Crippen molar-refractivity contribution in [3.63, 3.8) is 0 Å². The number of benzene rings is 1. The highest BCUT2D eigenvalue weighted by Crippen LogP contribution is 2.47. The van der Waals surface area contributed by atoms with E-state index in [9.17, 15) is 13.2 Å². The lowest BCUT2D eigenvalue weighted by atomic mass is 9.96. The first kappa shape index (κ1) is 19.8. The third kappa shape index (κ3) is 4.42. The summed E-state index contributed by atoms with van der Waals surface area (Å²) in [5.41, 5.74) is 13.5. The molecule has 1 aromatic carbocycles. The molecule has 1 unspecified atom stereocenters. The summed E-state index contributed by atoms with van der Waals surface area (Å²) in [4.78, 5) is 7.89. The molecule has 0 bridgehead atoms. The smallest absolute Gasteiger partial charge is 0.422 e. The number of rotatable bonds is 5. The average Bonchev–Trinajstić information content (AvgIpc) is 3.49. The molecule has 1 saturated carbocycles. The predicted molar refractivity (Wildman–Crippen MR) is 106 cm³/mol. The van der Waals surface area contributed by atoms with Crippen molar-refractivity contribution in [2.24, 2.45) is 5.92 Å². The Labute approximate surface area is 173 Å². The molecule has 29 heavy (non-hydrogen) atoms. The second-order valence-corrected chi connectivity index (χ2v) is 7.88. The maximum Gasteiger partial charge on any atom is 0.422 e. The van der Waals surface area contributed by atoms with Crippen LogP contribution in [-0.2, 0) is 6.42 Å². The van der Waals surface area contributed by atoms with Crippen molar-refractivity contribution in [2.45, 2.75) is 31.5 Å². The van der Waals surface area contributed by atoms with E-state index in [1.54, 1.807) is 6.07 Å². The number of ether oxygens (including phenoxy) is 2. The van der Waals surface area contributed by atoms with Crippen molar-refractivity contribution < 1.29 is 22.6 Å². The molecule has 0 spiro atoms. The Morgan fingerprint density at radius 2 is 2.00 bits per heavy atom. The number of hydrogen-bond acceptors (Lipinski definition) is 6. The fourth-order valence-electron chi connectivity index (χ4n) is 3.20. The molecule has 1 aliphatic heterocycles. The summed E-state index contributed by atoms with van der Waals surface area (Å²) in [6.45, 7) is -1.40. The van der Waals surface area contributed by atoms with Gasteiger partial charge < -0.3 is 20.9 Å². The maximum absolute atomic E-state index is 12.7. The molecular formula is C19H18BrF3N4O2. The fraction of sp³-hybridized carbons (Fsp3) is 0.368. The first-order valence-electron chi connectivity index (χ1n) is 8.98. The van der Waals surface area contributed by atoms with Gasteiger partial charge in [-0.25, -0.2) is 4.98 Å². The third-order valence-corrected chi connectivity index (χ3v) is 5.54. The summed E-state index contributed by atoms with van der Waals surface area (Å²) in [6.07, 6.45) is 3.28. The van der Waals surface area contributed by atoms with Gasteiger partial charge >= 0.3 is 6.18 Å². The van der Waals surface area contributed by atoms with Crippen LogP contribution in [0.5, 0.6) is 11.5 Å². The first-order valence-corrected chi connectivity index (χ1v) is 9.77. The third-order valence-electron chi connectivity index (χ3n) is 4.79. The van der Waals surface area contributed by atoms with Crippen LogP contribution < -0.4 is 20.9 Å². The molecule has 154 valence electrons. The number of aromatic nitrogens is 2. The van der Waals surface area contributed by atoms with Crippen LogP contribution in [-0.4, -0.2) is 28.9 Å². The number of halogens is 4. The van der Waals surface area contributed by atoms with E-state index in [0.717, 1.165) is 18.4 Å². The van der Waals surface area contributed by atoms with Gasteiger partial charge in [0.2, 0.25) is 5.95 Å². The molecule has 4 N–H and O–H groups in total. The van der Waals surface area contributed by atoms with Gasteiger partial charge in [0, 0.05) is 23.7 Å². The van der Waals surface area contributed by atoms with Gasteiger partial charge in [0.15, 0.2) is 6.61 Å². The van der Waals surface area contributed by atoms with Crippen molar-refractivity contribution in [3.05, 3.63) is 39.5 Å². The zero-order valence-corrected chi connectivity index (χ0v) is 16.8. The van der Waals surface area contributed by atoms with Gasteiger partial charge in [0.25, 0.3) is 0 Å². The molecule has 4 rings (SSSR count). The second-order valence-electron chi connectivity index (χ2n) is 7.09. The lowest BCUT2D eigenvalue weighted by Gasteiger charge is -2.26. The first-order chi connectivity index (χ1) is 13.7. The quantitative estimate of drug-likeness (QED) is 0.682. The molecule has 0 radical (unpaired) electrons. The van der Waals surface area contributed by atoms with E-state index in [0.29, 0.717) is 27.3 Å². The SMILES string of the molecule is Nc1ncc(Cc2cc(OCC(F)(F)F)c(Br)c3c2C=CC(C2CC2)O3)c(N)n1. The number of hydrogen-bond donors (Lipinski definition) is 2. The molecule has 10 heteroatoms. The maximum atomic E-state index is 12.7. The Morgan fingerprint density at radius 1 is 1.24 bits per heavy atom. The summed E-state index contributed by atoms with van der Waals surface area (Å²) >= 11 is 3.36. The average molecular weight is 471 g/mol. The summed E-state index contributed by atoms with van der Waals surface area (Å²) < 4.78 is 49.6. The minimum absolute atomic E-state index is 0.0498. The molecule has 0 saturated heterocycles. The zero-order chi connectivity index (χ0) is 20.8. The van der Waals surface area contributed by atoms with E-state index in [2.05, 4.69) is 25.9 Å². The van der Waals surface area contributed by atoms with Crippen LogP contribution in [0.2, 0.25) is 0 Å². The number of alkyl halides is 3. The standard InChI is InChI=1S/C19H18BrF3N4O2/c20-15-14(28-8-19(21,22)23)6-10(5-11-7-26-18(25)27-17(11)24)12-3-4-13(9-1-2-9)29-16(12)15/h3-4,6-7,9,13H,1-2,5,8H2,(H4,24,25,26,27). The van der Waals surface area contributed by atoms with Crippen LogP contribution in [0.1, 0.15) is 29.5 Å². The highest BCUT2D eigenvalue weighted by atomic mass is 79.9. The summed E-state index contributed by atoms with van der Waals surface area (Å²) in [7, 11) is 0. The molecule has 1 fully saturated rings. The molecule has 2 aromatic rings. The minimum atomic E-state index is -4.46. The van der Waals surface area contributed by atoms with Crippen molar-refractivity contribution in [1.82, 2.24) is 9.97 Å². The van der Waals surface area contributed by atoms with Gasteiger partial charge in [-0.05, 0) is 52.4 Å². The van der Waals surface area contributed by atoms with E-state index in [1.165, 1.54) is 6.20 Å². The molecule has 1 atom stereocenters. The molecular weight excluding hydrogens is 453 g/mol. The highest BCUT2D eigenvalue weighted by Gasteiger charge is 2.35. The van der Waals surface area contributed by atoms with Crippen LogP contribution in [0, 0.1) is 5.92 Å². The van der Waals surface area contributed by atoms with Gasteiger partial charge in [-0.3, -0.25) is 0 Å². The van der Waals surface area contributed by atoms with Crippen molar-refractivity contribution >= 4 is 33.8 Å². The van der Waals surface area contributed by atoms with Crippen molar-refractivity contribution in [1.29, 1.82) is 0 Å². The van der Waals surface area contributed by atoms with Gasteiger partial charge in [-0.15, -0.1) is 0 Å². The van der Waals surface area contributed by atoms with Gasteiger partial charge in [0.05, 0.1) is 0 Å². The highest BCUT2D eigenvalue weighted by molar-refractivity contribution is 9.10. The van der Waals surface area contributed by atoms with E-state index in [-0.39, 0.29) is 30.0 Å².